The first-order chi connectivity index (χ1) is 9.12. The molecule has 0 saturated carbocycles. The van der Waals surface area contributed by atoms with E-state index < -0.39 is 23.1 Å². The summed E-state index contributed by atoms with van der Waals surface area (Å²) in [5.41, 5.74) is -1.32. The molecular weight excluding hydrogens is 303 g/mol. The fraction of sp³-hybridized carbons (Fsp3) is 0.714. The highest BCUT2D eigenvalue weighted by Gasteiger charge is 2.22. The van der Waals surface area contributed by atoms with E-state index in [-0.39, 0.29) is 0 Å². The van der Waals surface area contributed by atoms with Crippen molar-refractivity contribution in [1.29, 1.82) is 0 Å². The molecule has 0 N–H and O–H groups in total. The molecule has 0 atom stereocenters. The van der Waals surface area contributed by atoms with E-state index in [9.17, 15) is 9.59 Å². The van der Waals surface area contributed by atoms with Crippen molar-refractivity contribution in [2.75, 3.05) is 11.8 Å². The third-order valence-electron chi connectivity index (χ3n) is 2.50. The van der Waals surface area contributed by atoms with Gasteiger partial charge in [0.2, 0.25) is 0 Å². The Kier molecular flexibility index (Phi) is 8.21. The van der Waals surface area contributed by atoms with Crippen molar-refractivity contribution >= 4 is 35.1 Å². The molecule has 20 heavy (non-hydrogen) atoms. The second-order valence-electron chi connectivity index (χ2n) is 5.57. The molecule has 0 heterocycles. The molecule has 0 aromatic heterocycles. The van der Waals surface area contributed by atoms with Gasteiger partial charge in [0.15, 0.2) is 0 Å². The molecule has 4 nitrogen and oxygen atoms in total. The molecule has 0 fully saturated rings. The van der Waals surface area contributed by atoms with Crippen LogP contribution in [0.3, 0.4) is 0 Å². The first-order valence-electron chi connectivity index (χ1n) is 6.38. The lowest BCUT2D eigenvalue weighted by molar-refractivity contribution is -0.153. The summed E-state index contributed by atoms with van der Waals surface area (Å²) < 4.78 is 10.3. The van der Waals surface area contributed by atoms with E-state index in [0.717, 1.165) is 12.2 Å². The summed E-state index contributed by atoms with van der Waals surface area (Å²) in [5.74, 6) is -0.434. The van der Waals surface area contributed by atoms with E-state index in [2.05, 4.69) is 0 Å². The van der Waals surface area contributed by atoms with Gasteiger partial charge in [-0.3, -0.25) is 0 Å². The van der Waals surface area contributed by atoms with Gasteiger partial charge >= 0.3 is 11.9 Å². The molecule has 0 bridgehead atoms. The van der Waals surface area contributed by atoms with Gasteiger partial charge in [-0.25, -0.2) is 9.59 Å². The van der Waals surface area contributed by atoms with Gasteiger partial charge in [0.05, 0.1) is 0 Å². The Labute approximate surface area is 130 Å². The maximum atomic E-state index is 11.5. The highest BCUT2D eigenvalue weighted by molar-refractivity contribution is 6.18. The van der Waals surface area contributed by atoms with Crippen LogP contribution in [0.2, 0.25) is 0 Å². The molecule has 0 aromatic carbocycles. The van der Waals surface area contributed by atoms with Crippen LogP contribution in [0.1, 0.15) is 40.5 Å². The number of rotatable bonds is 8. The van der Waals surface area contributed by atoms with Crippen LogP contribution in [-0.4, -0.2) is 34.9 Å². The average Bonchev–Trinajstić information content (AvgIpc) is 2.24. The molecule has 0 unspecified atom stereocenters. The topological polar surface area (TPSA) is 52.6 Å². The lowest BCUT2D eigenvalue weighted by atomic mass is 10.1. The Morgan fingerprint density at radius 2 is 1.15 bits per heavy atom. The summed E-state index contributed by atoms with van der Waals surface area (Å²) in [6, 6.07) is 0. The Morgan fingerprint density at radius 3 is 1.40 bits per heavy atom. The Balaban J connectivity index is 4.35. The summed E-state index contributed by atoms with van der Waals surface area (Å²) in [7, 11) is 0. The largest absolute Gasteiger partial charge is 0.456 e. The molecule has 0 amide bonds. The van der Waals surface area contributed by atoms with Crippen molar-refractivity contribution in [3.8, 4) is 0 Å². The third kappa shape index (κ3) is 9.21. The van der Waals surface area contributed by atoms with Gasteiger partial charge in [0.1, 0.15) is 11.2 Å². The van der Waals surface area contributed by atoms with Crippen LogP contribution in [0, 0.1) is 0 Å². The van der Waals surface area contributed by atoms with Gasteiger partial charge in [-0.15, -0.1) is 23.2 Å². The van der Waals surface area contributed by atoms with Gasteiger partial charge in [-0.2, -0.15) is 0 Å². The first-order valence-corrected chi connectivity index (χ1v) is 7.45. The lowest BCUT2D eigenvalue weighted by Crippen LogP contribution is -2.29. The number of esters is 2. The Bertz CT molecular complexity index is 328. The van der Waals surface area contributed by atoms with Gasteiger partial charge in [0.25, 0.3) is 0 Å². The fourth-order valence-electron chi connectivity index (χ4n) is 1.31. The summed E-state index contributed by atoms with van der Waals surface area (Å²) in [6.45, 7) is 7.01. The van der Waals surface area contributed by atoms with Gasteiger partial charge < -0.3 is 9.47 Å². The number of alkyl halides is 2. The number of carbonyl (C=O) groups excluding carboxylic acids is 2. The van der Waals surface area contributed by atoms with Crippen molar-refractivity contribution < 1.29 is 19.1 Å². The van der Waals surface area contributed by atoms with Crippen LogP contribution in [-0.2, 0) is 19.1 Å². The lowest BCUT2D eigenvalue weighted by Gasteiger charge is -2.24. The predicted octanol–water partition coefficient (Wildman–Crippen LogP) is 3.44. The van der Waals surface area contributed by atoms with Crippen molar-refractivity contribution in [2.24, 2.45) is 0 Å². The monoisotopic (exact) mass is 324 g/mol. The van der Waals surface area contributed by atoms with E-state index >= 15 is 0 Å². The minimum absolute atomic E-state index is 0.388. The molecule has 0 radical (unpaired) electrons. The molecule has 0 aliphatic rings. The average molecular weight is 325 g/mol. The van der Waals surface area contributed by atoms with Crippen LogP contribution in [0.5, 0.6) is 0 Å². The second kappa shape index (κ2) is 8.53. The summed E-state index contributed by atoms with van der Waals surface area (Å²) in [6.07, 6.45) is 3.16. The highest BCUT2D eigenvalue weighted by Crippen LogP contribution is 2.17. The van der Waals surface area contributed by atoms with E-state index in [1.807, 2.05) is 0 Å². The number of hydrogen-bond donors (Lipinski definition) is 0. The Hall–Kier alpha value is -0.740. The quantitative estimate of drug-likeness (QED) is 0.390. The first kappa shape index (κ1) is 19.3. The fourth-order valence-corrected chi connectivity index (χ4v) is 2.22. The highest BCUT2D eigenvalue weighted by atomic mass is 35.5. The van der Waals surface area contributed by atoms with E-state index in [1.54, 1.807) is 27.7 Å². The molecule has 0 aliphatic carbocycles. The molecule has 0 spiro atoms. The molecule has 116 valence electrons. The zero-order valence-corrected chi connectivity index (χ0v) is 13.9. The van der Waals surface area contributed by atoms with Crippen LogP contribution < -0.4 is 0 Å². The van der Waals surface area contributed by atoms with Crippen molar-refractivity contribution in [2.45, 2.75) is 51.7 Å². The maximum Gasteiger partial charge on any atom is 0.331 e. The van der Waals surface area contributed by atoms with Crippen LogP contribution in [0.15, 0.2) is 12.2 Å². The molecule has 0 rings (SSSR count). The zero-order valence-electron chi connectivity index (χ0n) is 12.4. The number of halogens is 2. The van der Waals surface area contributed by atoms with Gasteiger partial charge in [-0.05, 0) is 27.7 Å². The van der Waals surface area contributed by atoms with Crippen LogP contribution in [0.4, 0.5) is 0 Å². The summed E-state index contributed by atoms with van der Waals surface area (Å²) in [4.78, 5) is 23.1. The molecule has 0 aromatic rings. The van der Waals surface area contributed by atoms with Gasteiger partial charge in [0, 0.05) is 36.8 Å². The Morgan fingerprint density at radius 1 is 0.850 bits per heavy atom. The standard InChI is InChI=1S/C14H22Cl2O4/c1-13(2,7-9-15)19-11(17)5-6-12(18)20-14(3,4)8-10-16/h5-6H,7-10H2,1-4H3/b6-5+. The molecule has 6 heteroatoms. The summed E-state index contributed by atoms with van der Waals surface area (Å²) in [5, 5.41) is 0. The second-order valence-corrected chi connectivity index (χ2v) is 6.33. The maximum absolute atomic E-state index is 11.5. The van der Waals surface area contributed by atoms with E-state index in [0.29, 0.717) is 24.6 Å². The van der Waals surface area contributed by atoms with E-state index in [4.69, 9.17) is 32.7 Å². The molecule has 0 aliphatic heterocycles. The van der Waals surface area contributed by atoms with Crippen LogP contribution >= 0.6 is 23.2 Å². The van der Waals surface area contributed by atoms with Crippen molar-refractivity contribution in [3.63, 3.8) is 0 Å². The smallest absolute Gasteiger partial charge is 0.331 e. The number of hydrogen-bond acceptors (Lipinski definition) is 4. The minimum Gasteiger partial charge on any atom is -0.456 e. The summed E-state index contributed by atoms with van der Waals surface area (Å²) >= 11 is 11.2. The minimum atomic E-state index is -0.662. The SMILES string of the molecule is CC(C)(CCCl)OC(=O)/C=C/C(=O)OC(C)(C)CCCl. The molecular formula is C14H22Cl2O4. The van der Waals surface area contributed by atoms with Gasteiger partial charge in [-0.1, -0.05) is 0 Å². The molecule has 0 saturated heterocycles. The number of carbonyl (C=O) groups is 2. The third-order valence-corrected chi connectivity index (χ3v) is 2.88. The van der Waals surface area contributed by atoms with E-state index in [1.165, 1.54) is 0 Å². The predicted molar refractivity (Wildman–Crippen MR) is 80.2 cm³/mol. The van der Waals surface area contributed by atoms with Crippen molar-refractivity contribution in [3.05, 3.63) is 12.2 Å². The zero-order chi connectivity index (χ0) is 15.8. The number of ether oxygens (including phenoxy) is 2. The van der Waals surface area contributed by atoms with Crippen LogP contribution in [0.25, 0.3) is 0 Å². The normalized spacial score (nSPS) is 12.5. The van der Waals surface area contributed by atoms with Crippen molar-refractivity contribution in [1.82, 2.24) is 0 Å².